The zero-order valence-electron chi connectivity index (χ0n) is 12.8. The van der Waals surface area contributed by atoms with Crippen LogP contribution in [0.5, 0.6) is 5.75 Å². The fourth-order valence-electron chi connectivity index (χ4n) is 1.79. The maximum atomic E-state index is 11.7. The van der Waals surface area contributed by atoms with E-state index < -0.39 is 10.0 Å². The van der Waals surface area contributed by atoms with Crippen LogP contribution in [-0.2, 0) is 14.8 Å². The van der Waals surface area contributed by atoms with Crippen molar-refractivity contribution in [3.05, 3.63) is 23.3 Å². The highest BCUT2D eigenvalue weighted by atomic mass is 32.2. The topological polar surface area (TPSA) is 98.5 Å². The third-order valence-electron chi connectivity index (χ3n) is 3.16. The number of benzene rings is 1. The Hall–Kier alpha value is -1.60. The minimum atomic E-state index is -3.76. The van der Waals surface area contributed by atoms with Crippen molar-refractivity contribution < 1.29 is 17.9 Å². The van der Waals surface area contributed by atoms with E-state index in [4.69, 9.17) is 9.88 Å². The Morgan fingerprint density at radius 2 is 1.95 bits per heavy atom. The van der Waals surface area contributed by atoms with Crippen LogP contribution in [0.15, 0.2) is 17.0 Å². The van der Waals surface area contributed by atoms with Crippen molar-refractivity contribution >= 4 is 15.9 Å². The summed E-state index contributed by atoms with van der Waals surface area (Å²) in [4.78, 5) is 11.7. The van der Waals surface area contributed by atoms with Crippen LogP contribution in [0.3, 0.4) is 0 Å². The van der Waals surface area contributed by atoms with E-state index in [9.17, 15) is 13.2 Å². The SMILES string of the molecule is CCC(C)NC(=O)COc1cc(C)c(S(N)(=O)=O)cc1C. The van der Waals surface area contributed by atoms with Crippen molar-refractivity contribution in [1.82, 2.24) is 5.32 Å². The molecule has 6 nitrogen and oxygen atoms in total. The second-order valence-corrected chi connectivity index (χ2v) is 6.62. The van der Waals surface area contributed by atoms with E-state index in [-0.39, 0.29) is 23.5 Å². The molecule has 0 aliphatic carbocycles. The first kappa shape index (κ1) is 17.5. The van der Waals surface area contributed by atoms with E-state index in [1.54, 1.807) is 19.9 Å². The molecule has 0 fully saturated rings. The number of hydrogen-bond acceptors (Lipinski definition) is 4. The van der Waals surface area contributed by atoms with Gasteiger partial charge >= 0.3 is 0 Å². The van der Waals surface area contributed by atoms with Gasteiger partial charge in [0.25, 0.3) is 5.91 Å². The quantitative estimate of drug-likeness (QED) is 0.825. The number of sulfonamides is 1. The summed E-state index contributed by atoms with van der Waals surface area (Å²) >= 11 is 0. The second kappa shape index (κ2) is 6.91. The van der Waals surface area contributed by atoms with Gasteiger partial charge in [0.15, 0.2) is 6.61 Å². The van der Waals surface area contributed by atoms with Crippen LogP contribution in [0.25, 0.3) is 0 Å². The van der Waals surface area contributed by atoms with Crippen LogP contribution in [0.4, 0.5) is 0 Å². The minimum Gasteiger partial charge on any atom is -0.483 e. The molecular formula is C14H22N2O4S. The van der Waals surface area contributed by atoms with Crippen molar-refractivity contribution in [3.63, 3.8) is 0 Å². The highest BCUT2D eigenvalue weighted by Gasteiger charge is 2.15. The summed E-state index contributed by atoms with van der Waals surface area (Å²) < 4.78 is 28.3. The molecule has 0 saturated heterocycles. The maximum absolute atomic E-state index is 11.7. The molecule has 0 bridgehead atoms. The first-order chi connectivity index (χ1) is 9.65. The predicted molar refractivity (Wildman–Crippen MR) is 80.7 cm³/mol. The normalized spacial score (nSPS) is 12.8. The molecule has 0 heterocycles. The van der Waals surface area contributed by atoms with E-state index in [0.29, 0.717) is 16.9 Å². The van der Waals surface area contributed by atoms with E-state index >= 15 is 0 Å². The van der Waals surface area contributed by atoms with E-state index in [1.807, 2.05) is 13.8 Å². The molecule has 0 aliphatic heterocycles. The Morgan fingerprint density at radius 3 is 2.48 bits per heavy atom. The Morgan fingerprint density at radius 1 is 1.33 bits per heavy atom. The zero-order chi connectivity index (χ0) is 16.2. The van der Waals surface area contributed by atoms with Crippen molar-refractivity contribution in [2.24, 2.45) is 5.14 Å². The summed E-state index contributed by atoms with van der Waals surface area (Å²) in [6, 6.07) is 3.12. The Bertz CT molecular complexity index is 626. The van der Waals surface area contributed by atoms with Crippen molar-refractivity contribution in [2.75, 3.05) is 6.61 Å². The molecule has 3 N–H and O–H groups in total. The molecule has 1 aromatic rings. The molecule has 21 heavy (non-hydrogen) atoms. The minimum absolute atomic E-state index is 0.0661. The first-order valence-corrected chi connectivity index (χ1v) is 8.26. The lowest BCUT2D eigenvalue weighted by molar-refractivity contribution is -0.123. The summed E-state index contributed by atoms with van der Waals surface area (Å²) in [5.41, 5.74) is 1.10. The van der Waals surface area contributed by atoms with Crippen LogP contribution in [0.1, 0.15) is 31.4 Å². The number of amides is 1. The van der Waals surface area contributed by atoms with Gasteiger partial charge in [0.2, 0.25) is 10.0 Å². The van der Waals surface area contributed by atoms with Crippen LogP contribution >= 0.6 is 0 Å². The van der Waals surface area contributed by atoms with Gasteiger partial charge in [-0.2, -0.15) is 0 Å². The third kappa shape index (κ3) is 5.02. The van der Waals surface area contributed by atoms with Crippen LogP contribution in [0.2, 0.25) is 0 Å². The van der Waals surface area contributed by atoms with Crippen LogP contribution in [-0.4, -0.2) is 27.0 Å². The van der Waals surface area contributed by atoms with Gasteiger partial charge in [-0.3, -0.25) is 4.79 Å². The van der Waals surface area contributed by atoms with Gasteiger partial charge in [0, 0.05) is 6.04 Å². The van der Waals surface area contributed by atoms with Gasteiger partial charge in [-0.1, -0.05) is 6.92 Å². The fraction of sp³-hybridized carbons (Fsp3) is 0.500. The lowest BCUT2D eigenvalue weighted by Crippen LogP contribution is -2.35. The summed E-state index contributed by atoms with van der Waals surface area (Å²) in [7, 11) is -3.76. The molecule has 7 heteroatoms. The zero-order valence-corrected chi connectivity index (χ0v) is 13.6. The Balaban J connectivity index is 2.82. The molecule has 0 radical (unpaired) electrons. The fourth-order valence-corrected chi connectivity index (χ4v) is 2.64. The molecule has 0 aliphatic rings. The molecule has 1 atom stereocenters. The largest absolute Gasteiger partial charge is 0.483 e. The van der Waals surface area contributed by atoms with Gasteiger partial charge < -0.3 is 10.1 Å². The number of nitrogens with two attached hydrogens (primary N) is 1. The number of nitrogens with one attached hydrogen (secondary N) is 1. The maximum Gasteiger partial charge on any atom is 0.258 e. The summed E-state index contributed by atoms with van der Waals surface area (Å²) in [6.45, 7) is 7.11. The number of aryl methyl sites for hydroxylation is 2. The first-order valence-electron chi connectivity index (χ1n) is 6.71. The molecule has 118 valence electrons. The second-order valence-electron chi connectivity index (χ2n) is 5.09. The third-order valence-corrected chi connectivity index (χ3v) is 4.21. The van der Waals surface area contributed by atoms with Gasteiger partial charge in [0.1, 0.15) is 5.75 Å². The van der Waals surface area contributed by atoms with E-state index in [1.165, 1.54) is 6.07 Å². The van der Waals surface area contributed by atoms with Gasteiger partial charge in [-0.15, -0.1) is 0 Å². The number of primary sulfonamides is 1. The molecule has 1 unspecified atom stereocenters. The van der Waals surface area contributed by atoms with E-state index in [2.05, 4.69) is 5.32 Å². The molecule has 1 rings (SSSR count). The summed E-state index contributed by atoms with van der Waals surface area (Å²) in [6.07, 6.45) is 0.840. The van der Waals surface area contributed by atoms with Gasteiger partial charge in [-0.05, 0) is 50.5 Å². The summed E-state index contributed by atoms with van der Waals surface area (Å²) in [5.74, 6) is 0.260. The van der Waals surface area contributed by atoms with Crippen LogP contribution in [0, 0.1) is 13.8 Å². The highest BCUT2D eigenvalue weighted by molar-refractivity contribution is 7.89. The molecule has 0 spiro atoms. The Labute approximate surface area is 125 Å². The number of rotatable bonds is 6. The van der Waals surface area contributed by atoms with Crippen LogP contribution < -0.4 is 15.2 Å². The predicted octanol–water partition coefficient (Wildman–Crippen LogP) is 1.24. The van der Waals surface area contributed by atoms with Crippen molar-refractivity contribution in [1.29, 1.82) is 0 Å². The van der Waals surface area contributed by atoms with Gasteiger partial charge in [-0.25, -0.2) is 13.6 Å². The molecule has 0 saturated carbocycles. The molecular weight excluding hydrogens is 292 g/mol. The molecule has 1 aromatic carbocycles. The number of carbonyl (C=O) groups is 1. The van der Waals surface area contributed by atoms with Crippen molar-refractivity contribution in [3.8, 4) is 5.75 Å². The lowest BCUT2D eigenvalue weighted by Gasteiger charge is -2.14. The number of carbonyl (C=O) groups excluding carboxylic acids is 1. The van der Waals surface area contributed by atoms with Crippen molar-refractivity contribution in [2.45, 2.75) is 45.1 Å². The lowest BCUT2D eigenvalue weighted by atomic mass is 10.1. The average Bonchev–Trinajstić information content (AvgIpc) is 2.37. The Kier molecular flexibility index (Phi) is 5.74. The standard InChI is InChI=1S/C14H22N2O4S/c1-5-11(4)16-14(17)8-20-12-6-10(3)13(7-9(12)2)21(15,18)19/h6-7,11H,5,8H2,1-4H3,(H,16,17)(H2,15,18,19). The van der Waals surface area contributed by atoms with Gasteiger partial charge in [0.05, 0.1) is 4.90 Å². The molecule has 0 aromatic heterocycles. The van der Waals surface area contributed by atoms with E-state index in [0.717, 1.165) is 6.42 Å². The average molecular weight is 314 g/mol. The summed E-state index contributed by atoms with van der Waals surface area (Å²) in [5, 5.41) is 7.93. The number of hydrogen-bond donors (Lipinski definition) is 2. The highest BCUT2D eigenvalue weighted by Crippen LogP contribution is 2.25. The monoisotopic (exact) mass is 314 g/mol. The number of ether oxygens (including phenoxy) is 1. The smallest absolute Gasteiger partial charge is 0.258 e. The molecule has 1 amide bonds.